The van der Waals surface area contributed by atoms with Crippen LogP contribution in [0, 0.1) is 24.7 Å². The van der Waals surface area contributed by atoms with Crippen LogP contribution in [-0.4, -0.2) is 10.9 Å². The highest BCUT2D eigenvalue weighted by Gasteiger charge is 2.50. The number of oxazole rings is 1. The number of rotatable bonds is 2. The summed E-state index contributed by atoms with van der Waals surface area (Å²) in [5.74, 6) is 2.47. The molecular formula is C11H14N2O2. The number of nitrogens with one attached hydrogen (secondary N) is 1. The average molecular weight is 206 g/mol. The highest BCUT2D eigenvalue weighted by Crippen LogP contribution is 2.55. The van der Waals surface area contributed by atoms with Crippen molar-refractivity contribution in [1.29, 1.82) is 0 Å². The Morgan fingerprint density at radius 3 is 3.00 bits per heavy atom. The minimum Gasteiger partial charge on any atom is -0.429 e. The Bertz CT molecular complexity index is 399. The number of carbonyl (C=O) groups is 1. The number of hydrogen-bond donors (Lipinski definition) is 1. The van der Waals surface area contributed by atoms with Gasteiger partial charge in [-0.05, 0) is 38.0 Å². The first-order chi connectivity index (χ1) is 7.24. The lowest BCUT2D eigenvalue weighted by Crippen LogP contribution is -2.22. The molecule has 2 fully saturated rings. The fraction of sp³-hybridized carbons (Fsp3) is 0.636. The third kappa shape index (κ3) is 1.54. The zero-order valence-electron chi connectivity index (χ0n) is 8.69. The van der Waals surface area contributed by atoms with E-state index in [1.54, 1.807) is 6.20 Å². The molecule has 1 heterocycles. The summed E-state index contributed by atoms with van der Waals surface area (Å²) in [5.41, 5.74) is 0. The van der Waals surface area contributed by atoms with Crippen molar-refractivity contribution in [3.8, 4) is 0 Å². The maximum absolute atomic E-state index is 11.8. The van der Waals surface area contributed by atoms with Gasteiger partial charge >= 0.3 is 6.01 Å². The minimum absolute atomic E-state index is 0.0850. The highest BCUT2D eigenvalue weighted by atomic mass is 16.4. The van der Waals surface area contributed by atoms with Crippen molar-refractivity contribution in [2.24, 2.45) is 17.8 Å². The molecule has 2 saturated carbocycles. The fourth-order valence-corrected chi connectivity index (χ4v) is 2.64. The molecule has 1 aromatic heterocycles. The molecule has 0 radical (unpaired) electrons. The van der Waals surface area contributed by atoms with E-state index < -0.39 is 0 Å². The quantitative estimate of drug-likeness (QED) is 0.804. The average Bonchev–Trinajstić information content (AvgIpc) is 2.67. The van der Waals surface area contributed by atoms with Gasteiger partial charge in [-0.3, -0.25) is 10.1 Å². The Balaban J connectivity index is 1.65. The van der Waals surface area contributed by atoms with Crippen LogP contribution in [0.1, 0.15) is 25.0 Å². The lowest BCUT2D eigenvalue weighted by molar-refractivity contribution is -0.120. The van der Waals surface area contributed by atoms with Gasteiger partial charge in [0.25, 0.3) is 0 Å². The van der Waals surface area contributed by atoms with Gasteiger partial charge in [-0.15, -0.1) is 0 Å². The number of anilines is 1. The Hall–Kier alpha value is -1.32. The van der Waals surface area contributed by atoms with Crippen molar-refractivity contribution < 1.29 is 9.21 Å². The third-order valence-electron chi connectivity index (χ3n) is 3.53. The first-order valence-electron chi connectivity index (χ1n) is 5.47. The molecule has 0 saturated heterocycles. The van der Waals surface area contributed by atoms with E-state index in [2.05, 4.69) is 10.3 Å². The Labute approximate surface area is 88.1 Å². The summed E-state index contributed by atoms with van der Waals surface area (Å²) in [6, 6.07) is 0.335. The van der Waals surface area contributed by atoms with Gasteiger partial charge in [-0.1, -0.05) is 0 Å². The number of nitrogens with zero attached hydrogens (tertiary/aromatic N) is 1. The molecule has 4 nitrogen and oxygen atoms in total. The highest BCUT2D eigenvalue weighted by molar-refractivity contribution is 5.91. The molecule has 3 atom stereocenters. The molecule has 1 aromatic rings. The standard InChI is InChI=1S/C11H14N2O2/c1-6-5-12-11(15-6)13-10(14)8-3-2-7-4-9(7)8/h5,7-9H,2-4H2,1H3,(H,12,13,14)/t7-,8-,9+/m1/s1. The maximum Gasteiger partial charge on any atom is 0.301 e. The number of amides is 1. The minimum atomic E-state index is 0.0850. The Kier molecular flexibility index (Phi) is 1.84. The summed E-state index contributed by atoms with van der Waals surface area (Å²) < 4.78 is 5.22. The van der Waals surface area contributed by atoms with E-state index in [-0.39, 0.29) is 11.8 Å². The molecule has 2 aliphatic rings. The van der Waals surface area contributed by atoms with Crippen LogP contribution < -0.4 is 5.32 Å². The number of aryl methyl sites for hydroxylation is 1. The van der Waals surface area contributed by atoms with Gasteiger partial charge in [0.05, 0.1) is 6.20 Å². The summed E-state index contributed by atoms with van der Waals surface area (Å²) in [6.07, 6.45) is 5.10. The predicted molar refractivity (Wildman–Crippen MR) is 54.2 cm³/mol. The van der Waals surface area contributed by atoms with Crippen molar-refractivity contribution >= 4 is 11.9 Å². The fourth-order valence-electron chi connectivity index (χ4n) is 2.64. The van der Waals surface area contributed by atoms with E-state index >= 15 is 0 Å². The molecule has 0 aliphatic heterocycles. The van der Waals surface area contributed by atoms with E-state index in [1.807, 2.05) is 6.92 Å². The Morgan fingerprint density at radius 1 is 1.60 bits per heavy atom. The molecule has 0 spiro atoms. The van der Waals surface area contributed by atoms with Crippen LogP contribution in [-0.2, 0) is 4.79 Å². The first kappa shape index (κ1) is 8.95. The smallest absolute Gasteiger partial charge is 0.301 e. The number of hydrogen-bond acceptors (Lipinski definition) is 3. The van der Waals surface area contributed by atoms with E-state index in [4.69, 9.17) is 4.42 Å². The van der Waals surface area contributed by atoms with E-state index in [0.29, 0.717) is 11.9 Å². The van der Waals surface area contributed by atoms with Crippen LogP contribution >= 0.6 is 0 Å². The maximum atomic E-state index is 11.8. The van der Waals surface area contributed by atoms with Crippen LogP contribution in [0.4, 0.5) is 6.01 Å². The summed E-state index contributed by atoms with van der Waals surface area (Å²) in [6.45, 7) is 1.81. The predicted octanol–water partition coefficient (Wildman–Crippen LogP) is 1.97. The summed E-state index contributed by atoms with van der Waals surface area (Å²) in [4.78, 5) is 15.8. The largest absolute Gasteiger partial charge is 0.429 e. The van der Waals surface area contributed by atoms with Gasteiger partial charge in [0.1, 0.15) is 5.76 Å². The van der Waals surface area contributed by atoms with Gasteiger partial charge < -0.3 is 4.42 Å². The molecule has 3 rings (SSSR count). The summed E-state index contributed by atoms with van der Waals surface area (Å²) >= 11 is 0. The van der Waals surface area contributed by atoms with Crippen LogP contribution in [0.25, 0.3) is 0 Å². The van der Waals surface area contributed by atoms with Crippen molar-refractivity contribution in [1.82, 2.24) is 4.98 Å². The van der Waals surface area contributed by atoms with Gasteiger partial charge in [0, 0.05) is 5.92 Å². The molecule has 0 aromatic carbocycles. The van der Waals surface area contributed by atoms with Crippen LogP contribution in [0.2, 0.25) is 0 Å². The monoisotopic (exact) mass is 206 g/mol. The van der Waals surface area contributed by atoms with Crippen molar-refractivity contribution in [3.05, 3.63) is 12.0 Å². The molecule has 0 bridgehead atoms. The lowest BCUT2D eigenvalue weighted by atomic mass is 10.0. The van der Waals surface area contributed by atoms with E-state index in [0.717, 1.165) is 18.1 Å². The zero-order valence-corrected chi connectivity index (χ0v) is 8.69. The molecule has 2 aliphatic carbocycles. The number of aromatic nitrogens is 1. The van der Waals surface area contributed by atoms with Crippen molar-refractivity contribution in [3.63, 3.8) is 0 Å². The Morgan fingerprint density at radius 2 is 2.47 bits per heavy atom. The second-order valence-electron chi connectivity index (χ2n) is 4.61. The molecule has 0 unspecified atom stereocenters. The van der Waals surface area contributed by atoms with E-state index in [1.165, 1.54) is 12.8 Å². The van der Waals surface area contributed by atoms with Gasteiger partial charge in [0.2, 0.25) is 5.91 Å². The van der Waals surface area contributed by atoms with Crippen LogP contribution in [0.5, 0.6) is 0 Å². The number of fused-ring (bicyclic) bond motifs is 1. The van der Waals surface area contributed by atoms with Crippen molar-refractivity contribution in [2.45, 2.75) is 26.2 Å². The SMILES string of the molecule is Cc1cnc(NC(=O)[C@@H]2CC[C@@H]3C[C@@H]32)o1. The first-order valence-corrected chi connectivity index (χ1v) is 5.47. The van der Waals surface area contributed by atoms with Crippen LogP contribution in [0.15, 0.2) is 10.6 Å². The molecule has 80 valence electrons. The third-order valence-corrected chi connectivity index (χ3v) is 3.53. The van der Waals surface area contributed by atoms with Gasteiger partial charge in [-0.2, -0.15) is 0 Å². The van der Waals surface area contributed by atoms with Gasteiger partial charge in [-0.25, -0.2) is 4.98 Å². The summed E-state index contributed by atoms with van der Waals surface area (Å²) in [7, 11) is 0. The molecule has 15 heavy (non-hydrogen) atoms. The molecular weight excluding hydrogens is 192 g/mol. The molecule has 4 heteroatoms. The zero-order chi connectivity index (χ0) is 10.4. The topological polar surface area (TPSA) is 55.1 Å². The van der Waals surface area contributed by atoms with E-state index in [9.17, 15) is 4.79 Å². The van der Waals surface area contributed by atoms with Gasteiger partial charge in [0.15, 0.2) is 0 Å². The summed E-state index contributed by atoms with van der Waals surface area (Å²) in [5, 5.41) is 2.75. The second-order valence-corrected chi connectivity index (χ2v) is 4.61. The lowest BCUT2D eigenvalue weighted by Gasteiger charge is -2.09. The normalized spacial score (nSPS) is 32.5. The molecule has 1 N–H and O–H groups in total. The van der Waals surface area contributed by atoms with Crippen molar-refractivity contribution in [2.75, 3.05) is 5.32 Å². The number of carbonyl (C=O) groups excluding carboxylic acids is 1. The second kappa shape index (κ2) is 3.08. The van der Waals surface area contributed by atoms with Crippen LogP contribution in [0.3, 0.4) is 0 Å². The molecule has 1 amide bonds.